The van der Waals surface area contributed by atoms with Crippen LogP contribution < -0.4 is 0 Å². The Morgan fingerprint density at radius 1 is 1.21 bits per heavy atom. The van der Waals surface area contributed by atoms with Crippen LogP contribution in [0.4, 0.5) is 13.2 Å². The molecule has 1 N–H and O–H groups in total. The lowest BCUT2D eigenvalue weighted by Crippen LogP contribution is -2.31. The summed E-state index contributed by atoms with van der Waals surface area (Å²) in [4.78, 5) is 28.0. The maximum Gasteiger partial charge on any atom is 0.417 e. The number of hydrogen-bond donors (Lipinski definition) is 1. The Morgan fingerprint density at radius 3 is 2.70 bits per heavy atom. The summed E-state index contributed by atoms with van der Waals surface area (Å²) in [6.07, 6.45) is -3.16. The highest BCUT2D eigenvalue weighted by atomic mass is 35.5. The molecule has 2 aromatic heterocycles. The zero-order valence-corrected chi connectivity index (χ0v) is 19.0. The van der Waals surface area contributed by atoms with Crippen LogP contribution in [0, 0.1) is 6.92 Å². The first-order valence-corrected chi connectivity index (χ1v) is 11.5. The Balaban J connectivity index is 1.51. The number of hydrogen-bond acceptors (Lipinski definition) is 4. The molecule has 1 saturated heterocycles. The number of nitrogens with one attached hydrogen (secondary N) is 1. The fourth-order valence-electron chi connectivity index (χ4n) is 4.21. The number of carbonyl (C=O) groups excluding carboxylic acids is 1. The molecule has 2 aromatic carbocycles. The highest BCUT2D eigenvalue weighted by Crippen LogP contribution is 2.39. The number of imidazole rings is 1. The van der Waals surface area contributed by atoms with E-state index < -0.39 is 16.8 Å². The Kier molecular flexibility index (Phi) is 5.41. The van der Waals surface area contributed by atoms with Crippen LogP contribution in [0.3, 0.4) is 0 Å². The molecule has 0 saturated carbocycles. The summed E-state index contributed by atoms with van der Waals surface area (Å²) in [5, 5.41) is 0.379. The monoisotopic (exact) mass is 490 g/mol. The summed E-state index contributed by atoms with van der Waals surface area (Å²) in [7, 11) is 0. The van der Waals surface area contributed by atoms with Gasteiger partial charge in [0.2, 0.25) is 0 Å². The molecule has 1 aliphatic heterocycles. The van der Waals surface area contributed by atoms with Crippen molar-refractivity contribution in [2.45, 2.75) is 32.0 Å². The summed E-state index contributed by atoms with van der Waals surface area (Å²) >= 11 is 7.31. The van der Waals surface area contributed by atoms with E-state index in [9.17, 15) is 18.0 Å². The van der Waals surface area contributed by atoms with Crippen LogP contribution in [0.1, 0.15) is 45.8 Å². The molecule has 10 heteroatoms. The van der Waals surface area contributed by atoms with Crippen LogP contribution in [0.15, 0.2) is 42.5 Å². The third-order valence-corrected chi connectivity index (χ3v) is 7.03. The van der Waals surface area contributed by atoms with Crippen LogP contribution in [0.2, 0.25) is 5.02 Å². The van der Waals surface area contributed by atoms with Gasteiger partial charge in [-0.3, -0.25) is 4.79 Å². The lowest BCUT2D eigenvalue weighted by Gasteiger charge is -2.22. The molecule has 0 aliphatic carbocycles. The highest BCUT2D eigenvalue weighted by Gasteiger charge is 2.37. The van der Waals surface area contributed by atoms with Crippen molar-refractivity contribution in [3.8, 4) is 10.4 Å². The van der Waals surface area contributed by atoms with Gasteiger partial charge in [-0.1, -0.05) is 41.9 Å². The van der Waals surface area contributed by atoms with E-state index in [2.05, 4.69) is 15.0 Å². The van der Waals surface area contributed by atoms with Crippen LogP contribution in [0.5, 0.6) is 0 Å². The van der Waals surface area contributed by atoms with Crippen molar-refractivity contribution in [3.05, 3.63) is 69.6 Å². The van der Waals surface area contributed by atoms with E-state index in [0.717, 1.165) is 27.9 Å². The molecule has 170 valence electrons. The SMILES string of the molecule is Cc1nc(C(=O)N2CCC[C@H]2c2nc3cc(Cl)c(C(F)(F)F)cc3[nH]2)c(-c2ccccc2)s1. The third kappa shape index (κ3) is 4.00. The largest absolute Gasteiger partial charge is 0.417 e. The Labute approximate surface area is 196 Å². The van der Waals surface area contributed by atoms with E-state index in [1.54, 1.807) is 4.90 Å². The number of nitrogens with zero attached hydrogens (tertiary/aromatic N) is 3. The van der Waals surface area contributed by atoms with Gasteiger partial charge in [0.1, 0.15) is 11.5 Å². The second-order valence-electron chi connectivity index (χ2n) is 7.90. The van der Waals surface area contributed by atoms with Crippen molar-refractivity contribution in [1.82, 2.24) is 19.9 Å². The third-order valence-electron chi connectivity index (χ3n) is 5.70. The molecular weight excluding hydrogens is 473 g/mol. The Hall–Kier alpha value is -2.91. The van der Waals surface area contributed by atoms with Crippen molar-refractivity contribution in [1.29, 1.82) is 0 Å². The van der Waals surface area contributed by atoms with Gasteiger partial charge in [0.05, 0.1) is 37.5 Å². The van der Waals surface area contributed by atoms with Gasteiger partial charge in [-0.2, -0.15) is 13.2 Å². The topological polar surface area (TPSA) is 61.9 Å². The summed E-state index contributed by atoms with van der Waals surface area (Å²) < 4.78 is 39.7. The summed E-state index contributed by atoms with van der Waals surface area (Å²) in [6.45, 7) is 2.37. The molecule has 0 spiro atoms. The van der Waals surface area contributed by atoms with Gasteiger partial charge >= 0.3 is 6.18 Å². The molecular formula is C23H18ClF3N4OS. The van der Waals surface area contributed by atoms with E-state index in [0.29, 0.717) is 30.0 Å². The number of halogens is 4. The smallest absolute Gasteiger partial charge is 0.340 e. The number of benzene rings is 2. The molecule has 1 amide bonds. The summed E-state index contributed by atoms with van der Waals surface area (Å²) in [5.41, 5.74) is 0.943. The minimum absolute atomic E-state index is 0.213. The van der Waals surface area contributed by atoms with Crippen molar-refractivity contribution in [3.63, 3.8) is 0 Å². The molecule has 4 aromatic rings. The molecule has 1 aliphatic rings. The molecule has 1 fully saturated rings. The average Bonchev–Trinajstić information content (AvgIpc) is 3.49. The maximum absolute atomic E-state index is 13.6. The number of likely N-dealkylation sites (tertiary alicyclic amines) is 1. The van der Waals surface area contributed by atoms with Crippen LogP contribution in [0.25, 0.3) is 21.5 Å². The number of carbonyl (C=O) groups is 1. The number of aromatic nitrogens is 3. The van der Waals surface area contributed by atoms with Crippen molar-refractivity contribution in [2.24, 2.45) is 0 Å². The van der Waals surface area contributed by atoms with Crippen LogP contribution in [-0.4, -0.2) is 32.3 Å². The average molecular weight is 491 g/mol. The zero-order valence-electron chi connectivity index (χ0n) is 17.4. The first-order valence-electron chi connectivity index (χ1n) is 10.3. The van der Waals surface area contributed by atoms with Gasteiger partial charge in [0.25, 0.3) is 5.91 Å². The number of thiazole rings is 1. The predicted molar refractivity (Wildman–Crippen MR) is 121 cm³/mol. The maximum atomic E-state index is 13.6. The molecule has 0 unspecified atom stereocenters. The lowest BCUT2D eigenvalue weighted by molar-refractivity contribution is -0.137. The van der Waals surface area contributed by atoms with Gasteiger partial charge in [-0.15, -0.1) is 11.3 Å². The molecule has 0 bridgehead atoms. The second-order valence-corrected chi connectivity index (χ2v) is 9.51. The zero-order chi connectivity index (χ0) is 23.3. The first kappa shape index (κ1) is 21.9. The number of aryl methyl sites for hydroxylation is 1. The van der Waals surface area contributed by atoms with Crippen molar-refractivity contribution >= 4 is 39.9 Å². The minimum Gasteiger partial charge on any atom is -0.340 e. The highest BCUT2D eigenvalue weighted by molar-refractivity contribution is 7.15. The van der Waals surface area contributed by atoms with Crippen molar-refractivity contribution < 1.29 is 18.0 Å². The van der Waals surface area contributed by atoms with E-state index in [-0.39, 0.29) is 17.5 Å². The quantitative estimate of drug-likeness (QED) is 0.350. The Morgan fingerprint density at radius 2 is 1.97 bits per heavy atom. The Bertz CT molecular complexity index is 1350. The number of rotatable bonds is 3. The van der Waals surface area contributed by atoms with E-state index in [4.69, 9.17) is 11.6 Å². The van der Waals surface area contributed by atoms with Crippen molar-refractivity contribution in [2.75, 3.05) is 6.54 Å². The normalized spacial score (nSPS) is 16.6. The van der Waals surface area contributed by atoms with E-state index >= 15 is 0 Å². The fourth-order valence-corrected chi connectivity index (χ4v) is 5.39. The summed E-state index contributed by atoms with van der Waals surface area (Å²) in [6, 6.07) is 11.4. The predicted octanol–water partition coefficient (Wildman–Crippen LogP) is 6.64. The first-order chi connectivity index (χ1) is 15.7. The molecule has 5 rings (SSSR count). The van der Waals surface area contributed by atoms with Gasteiger partial charge in [-0.25, -0.2) is 9.97 Å². The molecule has 0 radical (unpaired) electrons. The standard InChI is InChI=1S/C23H18ClF3N4OS/c1-12-28-19(20(33-12)13-6-3-2-4-7-13)22(32)31-9-5-8-18(31)21-29-16-10-14(23(25,26)27)15(24)11-17(16)30-21/h2-4,6-7,10-11,18H,5,8-9H2,1H3,(H,29,30)/t18-/m0/s1. The fraction of sp³-hybridized carbons (Fsp3) is 0.261. The molecule has 3 heterocycles. The molecule has 33 heavy (non-hydrogen) atoms. The summed E-state index contributed by atoms with van der Waals surface area (Å²) in [5.74, 6) is 0.231. The van der Waals surface area contributed by atoms with Gasteiger partial charge in [-0.05, 0) is 37.5 Å². The number of aromatic amines is 1. The molecule has 1 atom stereocenters. The van der Waals surface area contributed by atoms with Crippen LogP contribution in [-0.2, 0) is 6.18 Å². The van der Waals surface area contributed by atoms with Gasteiger partial charge in [0.15, 0.2) is 0 Å². The van der Waals surface area contributed by atoms with E-state index in [1.165, 1.54) is 17.4 Å². The lowest BCUT2D eigenvalue weighted by atomic mass is 10.1. The second kappa shape index (κ2) is 8.14. The number of H-pyrrole nitrogens is 1. The van der Waals surface area contributed by atoms with Gasteiger partial charge in [0, 0.05) is 6.54 Å². The number of alkyl halides is 3. The number of amides is 1. The van der Waals surface area contributed by atoms with E-state index in [1.807, 2.05) is 37.3 Å². The molecule has 5 nitrogen and oxygen atoms in total. The minimum atomic E-state index is -4.57. The van der Waals surface area contributed by atoms with Gasteiger partial charge < -0.3 is 9.88 Å². The number of fused-ring (bicyclic) bond motifs is 1. The van der Waals surface area contributed by atoms with Crippen LogP contribution >= 0.6 is 22.9 Å².